The van der Waals surface area contributed by atoms with Crippen LogP contribution in [0.2, 0.25) is 0 Å². The minimum atomic E-state index is -0.312. The fraction of sp³-hybridized carbons (Fsp3) is 0.133. The van der Waals surface area contributed by atoms with Crippen LogP contribution in [0.15, 0.2) is 40.9 Å². The number of aromatic nitrogens is 2. The van der Waals surface area contributed by atoms with Gasteiger partial charge in [-0.3, -0.25) is 4.57 Å². The van der Waals surface area contributed by atoms with Crippen LogP contribution in [-0.2, 0) is 5.88 Å². The highest BCUT2D eigenvalue weighted by atomic mass is 79.9. The van der Waals surface area contributed by atoms with E-state index in [1.165, 1.54) is 6.07 Å². The maximum absolute atomic E-state index is 14.3. The molecule has 2 nitrogen and oxygen atoms in total. The Balaban J connectivity index is 2.46. The van der Waals surface area contributed by atoms with Gasteiger partial charge in [-0.15, -0.1) is 11.6 Å². The third-order valence-electron chi connectivity index (χ3n) is 3.23. The molecule has 5 heteroatoms. The third-order valence-corrected chi connectivity index (χ3v) is 4.11. The number of fused-ring (bicyclic) bond motifs is 1. The highest BCUT2D eigenvalue weighted by Crippen LogP contribution is 2.31. The molecule has 0 N–H and O–H groups in total. The number of halogens is 3. The number of aryl methyl sites for hydroxylation is 1. The maximum atomic E-state index is 14.3. The number of rotatable bonds is 2. The van der Waals surface area contributed by atoms with Crippen molar-refractivity contribution in [1.29, 1.82) is 0 Å². The Morgan fingerprint density at radius 3 is 2.70 bits per heavy atom. The van der Waals surface area contributed by atoms with E-state index in [9.17, 15) is 4.39 Å². The number of hydrogen-bond donors (Lipinski definition) is 0. The lowest BCUT2D eigenvalue weighted by Crippen LogP contribution is -2.04. The van der Waals surface area contributed by atoms with Gasteiger partial charge >= 0.3 is 0 Å². The van der Waals surface area contributed by atoms with Crippen molar-refractivity contribution in [1.82, 2.24) is 9.55 Å². The van der Waals surface area contributed by atoms with E-state index in [1.807, 2.05) is 25.1 Å². The number of alkyl halides is 1. The Kier molecular flexibility index (Phi) is 3.52. The van der Waals surface area contributed by atoms with E-state index in [4.69, 9.17) is 11.6 Å². The zero-order valence-electron chi connectivity index (χ0n) is 10.7. The van der Waals surface area contributed by atoms with Crippen molar-refractivity contribution in [2.24, 2.45) is 0 Å². The van der Waals surface area contributed by atoms with Crippen LogP contribution >= 0.6 is 27.5 Å². The van der Waals surface area contributed by atoms with E-state index >= 15 is 0 Å². The Labute approximate surface area is 129 Å². The van der Waals surface area contributed by atoms with Gasteiger partial charge in [0.25, 0.3) is 0 Å². The third kappa shape index (κ3) is 2.03. The van der Waals surface area contributed by atoms with Gasteiger partial charge in [0.15, 0.2) is 0 Å². The first-order chi connectivity index (χ1) is 9.63. The molecule has 3 rings (SSSR count). The van der Waals surface area contributed by atoms with Crippen molar-refractivity contribution in [2.75, 3.05) is 0 Å². The quantitative estimate of drug-likeness (QED) is 0.594. The van der Waals surface area contributed by atoms with E-state index < -0.39 is 0 Å². The summed E-state index contributed by atoms with van der Waals surface area (Å²) in [6.45, 7) is 1.98. The summed E-state index contributed by atoms with van der Waals surface area (Å²) in [4.78, 5) is 4.49. The molecule has 3 aromatic rings. The first-order valence-corrected chi connectivity index (χ1v) is 7.43. The van der Waals surface area contributed by atoms with Gasteiger partial charge in [0.2, 0.25) is 0 Å². The molecule has 102 valence electrons. The molecule has 1 aromatic heterocycles. The lowest BCUT2D eigenvalue weighted by Gasteiger charge is -2.12. The summed E-state index contributed by atoms with van der Waals surface area (Å²) < 4.78 is 16.7. The molecule has 0 aliphatic carbocycles. The van der Waals surface area contributed by atoms with Gasteiger partial charge in [0, 0.05) is 4.47 Å². The van der Waals surface area contributed by atoms with Crippen LogP contribution in [0.25, 0.3) is 16.7 Å². The second kappa shape index (κ2) is 5.19. The van der Waals surface area contributed by atoms with Crippen LogP contribution in [0.4, 0.5) is 4.39 Å². The molecular formula is C15H11BrClFN2. The molecule has 2 aromatic carbocycles. The average Bonchev–Trinajstić information content (AvgIpc) is 2.79. The van der Waals surface area contributed by atoms with Gasteiger partial charge in [-0.05, 0) is 46.6 Å². The molecule has 0 fully saturated rings. The van der Waals surface area contributed by atoms with Gasteiger partial charge in [0.05, 0.1) is 22.6 Å². The first-order valence-electron chi connectivity index (χ1n) is 6.10. The smallest absolute Gasteiger partial charge is 0.148 e. The second-order valence-electron chi connectivity index (χ2n) is 4.51. The Bertz CT molecular complexity index is 778. The molecule has 0 aliphatic heterocycles. The summed E-state index contributed by atoms with van der Waals surface area (Å²) in [6.07, 6.45) is 0. The summed E-state index contributed by atoms with van der Waals surface area (Å²) in [7, 11) is 0. The topological polar surface area (TPSA) is 17.8 Å². The van der Waals surface area contributed by atoms with Crippen molar-refractivity contribution in [3.05, 3.63) is 58.1 Å². The van der Waals surface area contributed by atoms with E-state index in [2.05, 4.69) is 20.9 Å². The Hall–Kier alpha value is -1.39. The second-order valence-corrected chi connectivity index (χ2v) is 5.63. The molecule has 0 radical (unpaired) electrons. The van der Waals surface area contributed by atoms with Gasteiger partial charge in [-0.2, -0.15) is 0 Å². The molecule has 0 amide bonds. The monoisotopic (exact) mass is 352 g/mol. The summed E-state index contributed by atoms with van der Waals surface area (Å²) in [5.41, 5.74) is 3.17. The molecule has 0 atom stereocenters. The molecule has 0 unspecified atom stereocenters. The molecular weight excluding hydrogens is 343 g/mol. The molecule has 0 spiro atoms. The average molecular weight is 354 g/mol. The zero-order valence-corrected chi connectivity index (χ0v) is 13.0. The van der Waals surface area contributed by atoms with Crippen molar-refractivity contribution in [3.63, 3.8) is 0 Å². The minimum Gasteiger partial charge on any atom is -0.291 e. The van der Waals surface area contributed by atoms with Gasteiger partial charge in [0.1, 0.15) is 11.6 Å². The molecule has 0 aliphatic rings. The lowest BCUT2D eigenvalue weighted by molar-refractivity contribution is 0.616. The Morgan fingerprint density at radius 2 is 2.00 bits per heavy atom. The molecule has 0 saturated carbocycles. The van der Waals surface area contributed by atoms with Crippen LogP contribution in [0.5, 0.6) is 0 Å². The number of para-hydroxylation sites is 2. The predicted molar refractivity (Wildman–Crippen MR) is 83.0 cm³/mol. The number of benzene rings is 2. The van der Waals surface area contributed by atoms with Crippen LogP contribution in [0.3, 0.4) is 0 Å². The largest absolute Gasteiger partial charge is 0.291 e. The van der Waals surface area contributed by atoms with Crippen molar-refractivity contribution >= 4 is 38.6 Å². The summed E-state index contributed by atoms with van der Waals surface area (Å²) in [6, 6.07) is 10.7. The highest BCUT2D eigenvalue weighted by molar-refractivity contribution is 9.10. The first kappa shape index (κ1) is 13.6. The molecule has 0 bridgehead atoms. The van der Waals surface area contributed by atoms with E-state index in [-0.39, 0.29) is 11.7 Å². The van der Waals surface area contributed by atoms with Crippen LogP contribution in [-0.4, -0.2) is 9.55 Å². The molecule has 1 heterocycles. The van der Waals surface area contributed by atoms with Crippen molar-refractivity contribution in [2.45, 2.75) is 12.8 Å². The fourth-order valence-electron chi connectivity index (χ4n) is 2.38. The fourth-order valence-corrected chi connectivity index (χ4v) is 3.07. The number of hydrogen-bond acceptors (Lipinski definition) is 1. The minimum absolute atomic E-state index is 0.217. The normalized spacial score (nSPS) is 11.2. The predicted octanol–water partition coefficient (Wildman–Crippen LogP) is 4.97. The number of imidazole rings is 1. The van der Waals surface area contributed by atoms with Crippen LogP contribution in [0.1, 0.15) is 11.4 Å². The lowest BCUT2D eigenvalue weighted by atomic mass is 10.2. The van der Waals surface area contributed by atoms with E-state index in [0.717, 1.165) is 16.6 Å². The standard InChI is InChI=1S/C15H11BrClFN2/c1-9-4-2-7-12-14(9)20(13(8-17)19-12)15-10(16)5-3-6-11(15)18/h2-7H,8H2,1H3. The maximum Gasteiger partial charge on any atom is 0.148 e. The summed E-state index contributed by atoms with van der Waals surface area (Å²) in [5, 5.41) is 0. The summed E-state index contributed by atoms with van der Waals surface area (Å²) >= 11 is 9.40. The Morgan fingerprint density at radius 1 is 1.25 bits per heavy atom. The van der Waals surface area contributed by atoms with Crippen molar-refractivity contribution < 1.29 is 4.39 Å². The van der Waals surface area contributed by atoms with Crippen molar-refractivity contribution in [3.8, 4) is 5.69 Å². The van der Waals surface area contributed by atoms with Crippen LogP contribution < -0.4 is 0 Å². The van der Waals surface area contributed by atoms with Gasteiger partial charge in [-0.25, -0.2) is 9.37 Å². The molecule has 20 heavy (non-hydrogen) atoms. The van der Waals surface area contributed by atoms with Gasteiger partial charge in [-0.1, -0.05) is 18.2 Å². The summed E-state index contributed by atoms with van der Waals surface area (Å²) in [5.74, 6) is 0.532. The van der Waals surface area contributed by atoms with E-state index in [1.54, 1.807) is 16.7 Å². The molecule has 0 saturated heterocycles. The van der Waals surface area contributed by atoms with Gasteiger partial charge < -0.3 is 0 Å². The van der Waals surface area contributed by atoms with Crippen LogP contribution in [0, 0.1) is 12.7 Å². The number of nitrogens with zero attached hydrogens (tertiary/aromatic N) is 2. The zero-order chi connectivity index (χ0) is 14.3. The highest BCUT2D eigenvalue weighted by Gasteiger charge is 2.18. The SMILES string of the molecule is Cc1cccc2nc(CCl)n(-c3c(F)cccc3Br)c12. The van der Waals surface area contributed by atoms with E-state index in [0.29, 0.717) is 16.0 Å².